The number of alkyl halides is 3. The molecule has 6 nitrogen and oxygen atoms in total. The second kappa shape index (κ2) is 7.84. The fourth-order valence-corrected chi connectivity index (χ4v) is 4.42. The number of anilines is 1. The van der Waals surface area contributed by atoms with Crippen LogP contribution in [0.25, 0.3) is 0 Å². The first-order valence-electron chi connectivity index (χ1n) is 10.7. The molecule has 2 aliphatic heterocycles. The van der Waals surface area contributed by atoms with Gasteiger partial charge in [-0.2, -0.15) is 18.3 Å². The Morgan fingerprint density at radius 3 is 2.65 bits per heavy atom. The van der Waals surface area contributed by atoms with Crippen molar-refractivity contribution in [1.82, 2.24) is 19.7 Å². The van der Waals surface area contributed by atoms with Gasteiger partial charge in [0.15, 0.2) is 6.04 Å². The van der Waals surface area contributed by atoms with Gasteiger partial charge in [-0.05, 0) is 36.8 Å². The van der Waals surface area contributed by atoms with Gasteiger partial charge in [-0.25, -0.2) is 4.68 Å². The Kier molecular flexibility index (Phi) is 5.47. The molecule has 0 saturated carbocycles. The van der Waals surface area contributed by atoms with E-state index in [4.69, 9.17) is 0 Å². The number of amides is 1. The van der Waals surface area contributed by atoms with E-state index >= 15 is 0 Å². The Morgan fingerprint density at radius 1 is 1.23 bits per heavy atom. The van der Waals surface area contributed by atoms with Crippen LogP contribution in [0.15, 0.2) is 30.5 Å². The summed E-state index contributed by atoms with van der Waals surface area (Å²) in [6.45, 7) is 6.84. The third kappa shape index (κ3) is 4.41. The van der Waals surface area contributed by atoms with Gasteiger partial charge in [-0.1, -0.05) is 26.8 Å². The second-order valence-corrected chi connectivity index (χ2v) is 9.56. The Morgan fingerprint density at radius 2 is 2.00 bits per heavy atom. The smallest absolute Gasteiger partial charge is 0.367 e. The van der Waals surface area contributed by atoms with Gasteiger partial charge in [-0.3, -0.25) is 9.78 Å². The molecule has 0 radical (unpaired) electrons. The Hall–Kier alpha value is -2.58. The van der Waals surface area contributed by atoms with Gasteiger partial charge in [0.2, 0.25) is 0 Å². The molecule has 1 amide bonds. The van der Waals surface area contributed by atoms with Crippen molar-refractivity contribution >= 4 is 11.7 Å². The number of aromatic nitrogens is 3. The van der Waals surface area contributed by atoms with Gasteiger partial charge < -0.3 is 10.2 Å². The quantitative estimate of drug-likeness (QED) is 0.747. The molecule has 4 heterocycles. The lowest BCUT2D eigenvalue weighted by Gasteiger charge is -2.39. The molecule has 2 aliphatic rings. The maximum absolute atomic E-state index is 13.8. The van der Waals surface area contributed by atoms with Crippen molar-refractivity contribution in [2.24, 2.45) is 5.41 Å². The Balaban J connectivity index is 1.59. The van der Waals surface area contributed by atoms with Crippen molar-refractivity contribution in [3.63, 3.8) is 0 Å². The van der Waals surface area contributed by atoms with E-state index in [2.05, 4.69) is 15.4 Å². The fourth-order valence-electron chi connectivity index (χ4n) is 4.42. The van der Waals surface area contributed by atoms with Crippen molar-refractivity contribution in [1.29, 1.82) is 0 Å². The summed E-state index contributed by atoms with van der Waals surface area (Å²) in [5.41, 5.74) is 0.652. The average Bonchev–Trinajstić information content (AvgIpc) is 3.16. The number of rotatable bonds is 2. The van der Waals surface area contributed by atoms with E-state index < -0.39 is 12.2 Å². The molecule has 0 bridgehead atoms. The molecule has 0 aliphatic carbocycles. The lowest BCUT2D eigenvalue weighted by Crippen LogP contribution is -2.44. The molecule has 2 aromatic heterocycles. The normalized spacial score (nSPS) is 24.5. The average molecular weight is 435 g/mol. The molecule has 9 heteroatoms. The van der Waals surface area contributed by atoms with Crippen molar-refractivity contribution in [3.05, 3.63) is 41.9 Å². The van der Waals surface area contributed by atoms with Crippen molar-refractivity contribution in [2.45, 2.75) is 64.2 Å². The summed E-state index contributed by atoms with van der Waals surface area (Å²) in [4.78, 5) is 18.6. The molecule has 3 atom stereocenters. The van der Waals surface area contributed by atoms with E-state index in [1.165, 1.54) is 0 Å². The molecule has 168 valence electrons. The first-order chi connectivity index (χ1) is 14.5. The number of hydrogen-bond donors (Lipinski definition) is 1. The number of nitrogens with zero attached hydrogens (tertiary/aromatic N) is 4. The standard InChI is InChI=1S/C22H28F3N5O/c1-21(2,3)17-12-18(22(23,24)25)30-19(27-17)11-16(28-30)14-7-6-10-29(13-14)20(31)15-8-4-5-9-26-15/h4-5,8-9,11,14,17-18,27H,6-7,10,12-13H2,1-3H3. The summed E-state index contributed by atoms with van der Waals surface area (Å²) in [7, 11) is 0. The zero-order chi connectivity index (χ0) is 22.4. The third-order valence-corrected chi connectivity index (χ3v) is 6.27. The van der Waals surface area contributed by atoms with Crippen LogP contribution in [0.5, 0.6) is 0 Å². The van der Waals surface area contributed by atoms with Gasteiger partial charge >= 0.3 is 6.18 Å². The largest absolute Gasteiger partial charge is 0.410 e. The number of likely N-dealkylation sites (tertiary alicyclic amines) is 1. The van der Waals surface area contributed by atoms with Crippen LogP contribution in [0.3, 0.4) is 0 Å². The molecule has 0 aromatic carbocycles. The molecule has 3 unspecified atom stereocenters. The number of pyridine rings is 1. The Bertz CT molecular complexity index is 935. The minimum absolute atomic E-state index is 0.0595. The summed E-state index contributed by atoms with van der Waals surface area (Å²) in [6, 6.07) is 4.95. The molecule has 1 saturated heterocycles. The van der Waals surface area contributed by atoms with Gasteiger partial charge in [-0.15, -0.1) is 0 Å². The molecule has 4 rings (SSSR count). The summed E-state index contributed by atoms with van der Waals surface area (Å²) < 4.78 is 42.6. The van der Waals surface area contributed by atoms with Gasteiger partial charge in [0.25, 0.3) is 5.91 Å². The number of piperidine rings is 1. The molecule has 2 aromatic rings. The van der Waals surface area contributed by atoms with Crippen molar-refractivity contribution in [2.75, 3.05) is 18.4 Å². The minimum atomic E-state index is -4.38. The van der Waals surface area contributed by atoms with Crippen LogP contribution in [-0.2, 0) is 0 Å². The SMILES string of the molecule is CC(C)(C)C1CC(C(F)(F)F)n2nc(C3CCCN(C(=O)c4ccccn4)C3)cc2N1. The van der Waals surface area contributed by atoms with E-state index in [1.54, 1.807) is 35.4 Å². The van der Waals surface area contributed by atoms with Crippen LogP contribution >= 0.6 is 0 Å². The molecule has 31 heavy (non-hydrogen) atoms. The van der Waals surface area contributed by atoms with E-state index in [0.29, 0.717) is 30.3 Å². The molecular formula is C22H28F3N5O. The summed E-state index contributed by atoms with van der Waals surface area (Å²) in [5.74, 6) is 0.133. The van der Waals surface area contributed by atoms with Crippen LogP contribution in [0.2, 0.25) is 0 Å². The lowest BCUT2D eigenvalue weighted by atomic mass is 9.82. The number of nitrogens with one attached hydrogen (secondary N) is 1. The van der Waals surface area contributed by atoms with Crippen molar-refractivity contribution in [3.8, 4) is 0 Å². The van der Waals surface area contributed by atoms with Crippen LogP contribution in [-0.4, -0.2) is 50.9 Å². The van der Waals surface area contributed by atoms with Crippen LogP contribution in [0, 0.1) is 5.41 Å². The zero-order valence-electron chi connectivity index (χ0n) is 18.0. The van der Waals surface area contributed by atoms with Crippen LogP contribution in [0.4, 0.5) is 19.0 Å². The van der Waals surface area contributed by atoms with E-state index in [9.17, 15) is 18.0 Å². The van der Waals surface area contributed by atoms with Crippen molar-refractivity contribution < 1.29 is 18.0 Å². The third-order valence-electron chi connectivity index (χ3n) is 6.27. The predicted octanol–water partition coefficient (Wildman–Crippen LogP) is 4.63. The van der Waals surface area contributed by atoms with Gasteiger partial charge in [0.1, 0.15) is 11.5 Å². The van der Waals surface area contributed by atoms with Crippen LogP contribution < -0.4 is 5.32 Å². The zero-order valence-corrected chi connectivity index (χ0v) is 18.0. The summed E-state index contributed by atoms with van der Waals surface area (Å²) in [6.07, 6.45) is -1.31. The minimum Gasteiger partial charge on any atom is -0.367 e. The molecule has 1 fully saturated rings. The van der Waals surface area contributed by atoms with Crippen LogP contribution in [0.1, 0.15) is 68.2 Å². The number of fused-ring (bicyclic) bond motifs is 1. The highest BCUT2D eigenvalue weighted by atomic mass is 19.4. The van der Waals surface area contributed by atoms with E-state index in [-0.39, 0.29) is 29.7 Å². The number of halogens is 3. The maximum atomic E-state index is 13.8. The number of carbonyl (C=O) groups excluding carboxylic acids is 1. The highest BCUT2D eigenvalue weighted by Crippen LogP contribution is 2.44. The second-order valence-electron chi connectivity index (χ2n) is 9.56. The number of carbonyl (C=O) groups is 1. The monoisotopic (exact) mass is 435 g/mol. The lowest BCUT2D eigenvalue weighted by molar-refractivity contribution is -0.175. The predicted molar refractivity (Wildman–Crippen MR) is 111 cm³/mol. The maximum Gasteiger partial charge on any atom is 0.410 e. The van der Waals surface area contributed by atoms with Gasteiger partial charge in [0, 0.05) is 37.3 Å². The van der Waals surface area contributed by atoms with E-state index in [1.807, 2.05) is 20.8 Å². The topological polar surface area (TPSA) is 63.1 Å². The first-order valence-corrected chi connectivity index (χ1v) is 10.7. The number of hydrogen-bond acceptors (Lipinski definition) is 4. The highest BCUT2D eigenvalue weighted by Gasteiger charge is 2.48. The molecule has 1 N–H and O–H groups in total. The molecule has 0 spiro atoms. The highest BCUT2D eigenvalue weighted by molar-refractivity contribution is 5.92. The Labute approximate surface area is 179 Å². The van der Waals surface area contributed by atoms with E-state index in [0.717, 1.165) is 17.5 Å². The molecular weight excluding hydrogens is 407 g/mol. The summed E-state index contributed by atoms with van der Waals surface area (Å²) in [5, 5.41) is 7.65. The summed E-state index contributed by atoms with van der Waals surface area (Å²) >= 11 is 0. The van der Waals surface area contributed by atoms with Gasteiger partial charge in [0.05, 0.1) is 5.69 Å². The fraction of sp³-hybridized carbons (Fsp3) is 0.591. The first kappa shape index (κ1) is 21.6.